The van der Waals surface area contributed by atoms with E-state index in [4.69, 9.17) is 10.00 Å². The number of hydrogen-bond acceptors (Lipinski definition) is 2. The highest BCUT2D eigenvalue weighted by Crippen LogP contribution is 2.20. The van der Waals surface area contributed by atoms with Crippen molar-refractivity contribution in [2.24, 2.45) is 0 Å². The number of hydrogen-bond donors (Lipinski definition) is 0. The molecule has 19 heavy (non-hydrogen) atoms. The van der Waals surface area contributed by atoms with Gasteiger partial charge in [-0.25, -0.2) is 0 Å². The summed E-state index contributed by atoms with van der Waals surface area (Å²) in [5.74, 6) is 0. The molecular weight excluding hydrogens is 234 g/mol. The van der Waals surface area contributed by atoms with Crippen molar-refractivity contribution in [2.75, 3.05) is 7.11 Å². The molecule has 0 aliphatic rings. The van der Waals surface area contributed by atoms with E-state index in [9.17, 15) is 0 Å². The molecule has 0 amide bonds. The molecule has 0 spiro atoms. The standard InChI is InChI=1S/C17H15NO/c1-19-12-2-3-14-4-8-16(9-5-14)17-10-6-15(13-18)7-11-17/h2,4-12H,3H2,1H3. The number of rotatable bonds is 4. The summed E-state index contributed by atoms with van der Waals surface area (Å²) in [5, 5.41) is 8.77. The zero-order chi connectivity index (χ0) is 13.5. The summed E-state index contributed by atoms with van der Waals surface area (Å²) in [6.07, 6.45) is 4.53. The van der Waals surface area contributed by atoms with Crippen LogP contribution in [0.2, 0.25) is 0 Å². The predicted molar refractivity (Wildman–Crippen MR) is 76.4 cm³/mol. The van der Waals surface area contributed by atoms with E-state index in [1.165, 1.54) is 5.56 Å². The minimum atomic E-state index is 0.685. The highest BCUT2D eigenvalue weighted by atomic mass is 16.5. The molecule has 0 aliphatic carbocycles. The van der Waals surface area contributed by atoms with Gasteiger partial charge in [0, 0.05) is 0 Å². The van der Waals surface area contributed by atoms with Gasteiger partial charge in [0.2, 0.25) is 0 Å². The van der Waals surface area contributed by atoms with Crippen LogP contribution < -0.4 is 0 Å². The third-order valence-corrected chi connectivity index (χ3v) is 2.89. The van der Waals surface area contributed by atoms with Gasteiger partial charge in [-0.1, -0.05) is 36.4 Å². The molecule has 2 heteroatoms. The zero-order valence-corrected chi connectivity index (χ0v) is 10.8. The van der Waals surface area contributed by atoms with Crippen LogP contribution in [0.25, 0.3) is 11.1 Å². The summed E-state index contributed by atoms with van der Waals surface area (Å²) in [4.78, 5) is 0. The van der Waals surface area contributed by atoms with Crippen molar-refractivity contribution in [3.8, 4) is 17.2 Å². The van der Waals surface area contributed by atoms with Crippen LogP contribution >= 0.6 is 0 Å². The minimum absolute atomic E-state index is 0.685. The predicted octanol–water partition coefficient (Wildman–Crippen LogP) is 3.93. The molecule has 94 valence electrons. The van der Waals surface area contributed by atoms with E-state index < -0.39 is 0 Å². The second kappa shape index (κ2) is 6.42. The maximum atomic E-state index is 8.77. The van der Waals surface area contributed by atoms with Crippen molar-refractivity contribution in [3.05, 3.63) is 72.0 Å². The molecule has 2 rings (SSSR count). The molecule has 0 saturated heterocycles. The molecule has 0 aliphatic heterocycles. The molecule has 2 aromatic rings. The molecule has 2 aromatic carbocycles. The van der Waals surface area contributed by atoms with Gasteiger partial charge in [0.15, 0.2) is 0 Å². The first-order valence-corrected chi connectivity index (χ1v) is 6.11. The smallest absolute Gasteiger partial charge is 0.0991 e. The molecule has 0 unspecified atom stereocenters. The normalized spacial score (nSPS) is 10.3. The van der Waals surface area contributed by atoms with Crippen LogP contribution in [0.4, 0.5) is 0 Å². The summed E-state index contributed by atoms with van der Waals surface area (Å²) in [6, 6.07) is 18.1. The monoisotopic (exact) mass is 249 g/mol. The Hall–Kier alpha value is -2.53. The van der Waals surface area contributed by atoms with Gasteiger partial charge in [0.1, 0.15) is 0 Å². The SMILES string of the molecule is COC=CCc1ccc(-c2ccc(C#N)cc2)cc1. The molecule has 0 N–H and O–H groups in total. The second-order valence-corrected chi connectivity index (χ2v) is 4.20. The first kappa shape index (κ1) is 12.9. The van der Waals surface area contributed by atoms with E-state index in [1.807, 2.05) is 30.3 Å². The van der Waals surface area contributed by atoms with Crippen molar-refractivity contribution < 1.29 is 4.74 Å². The third-order valence-electron chi connectivity index (χ3n) is 2.89. The van der Waals surface area contributed by atoms with Crippen molar-refractivity contribution in [1.29, 1.82) is 5.26 Å². The lowest BCUT2D eigenvalue weighted by atomic mass is 10.0. The van der Waals surface area contributed by atoms with Gasteiger partial charge in [0.05, 0.1) is 25.0 Å². The Kier molecular flexibility index (Phi) is 4.36. The second-order valence-electron chi connectivity index (χ2n) is 4.20. The Morgan fingerprint density at radius 1 is 1.00 bits per heavy atom. The van der Waals surface area contributed by atoms with E-state index >= 15 is 0 Å². The van der Waals surface area contributed by atoms with Gasteiger partial charge < -0.3 is 4.74 Å². The first-order valence-electron chi connectivity index (χ1n) is 6.11. The Morgan fingerprint density at radius 2 is 1.58 bits per heavy atom. The van der Waals surface area contributed by atoms with E-state index in [2.05, 4.69) is 30.3 Å². The Bertz CT molecular complexity index is 589. The number of ether oxygens (including phenoxy) is 1. The van der Waals surface area contributed by atoms with Crippen molar-refractivity contribution >= 4 is 0 Å². The van der Waals surface area contributed by atoms with Crippen LogP contribution in [0.5, 0.6) is 0 Å². The van der Waals surface area contributed by atoms with E-state index in [0.29, 0.717) is 5.56 Å². The number of nitrogens with zero attached hydrogens (tertiary/aromatic N) is 1. The quantitative estimate of drug-likeness (QED) is 0.769. The van der Waals surface area contributed by atoms with Gasteiger partial charge in [-0.2, -0.15) is 5.26 Å². The fraction of sp³-hybridized carbons (Fsp3) is 0.118. The maximum absolute atomic E-state index is 8.77. The van der Waals surface area contributed by atoms with Crippen LogP contribution in [-0.4, -0.2) is 7.11 Å². The summed E-state index contributed by atoms with van der Waals surface area (Å²) in [6.45, 7) is 0. The molecule has 0 bridgehead atoms. The lowest BCUT2D eigenvalue weighted by Crippen LogP contribution is -1.83. The average molecular weight is 249 g/mol. The van der Waals surface area contributed by atoms with Gasteiger partial charge in [0.25, 0.3) is 0 Å². The van der Waals surface area contributed by atoms with Crippen LogP contribution in [0.15, 0.2) is 60.9 Å². The van der Waals surface area contributed by atoms with E-state index in [1.54, 1.807) is 13.4 Å². The number of allylic oxidation sites excluding steroid dienone is 1. The van der Waals surface area contributed by atoms with E-state index in [0.717, 1.165) is 17.5 Å². The van der Waals surface area contributed by atoms with Gasteiger partial charge in [-0.05, 0) is 41.3 Å². The Balaban J connectivity index is 2.13. The van der Waals surface area contributed by atoms with Gasteiger partial charge in [-0.3, -0.25) is 0 Å². The van der Waals surface area contributed by atoms with Gasteiger partial charge >= 0.3 is 0 Å². The largest absolute Gasteiger partial charge is 0.505 e. The fourth-order valence-electron chi connectivity index (χ4n) is 1.85. The minimum Gasteiger partial charge on any atom is -0.505 e. The van der Waals surface area contributed by atoms with Crippen molar-refractivity contribution in [2.45, 2.75) is 6.42 Å². The highest BCUT2D eigenvalue weighted by molar-refractivity contribution is 5.64. The fourth-order valence-corrected chi connectivity index (χ4v) is 1.85. The molecule has 0 saturated carbocycles. The molecule has 0 aromatic heterocycles. The highest BCUT2D eigenvalue weighted by Gasteiger charge is 1.98. The van der Waals surface area contributed by atoms with Crippen LogP contribution in [0, 0.1) is 11.3 Å². The first-order chi connectivity index (χ1) is 9.33. The Morgan fingerprint density at radius 3 is 2.11 bits per heavy atom. The van der Waals surface area contributed by atoms with Crippen LogP contribution in [0.1, 0.15) is 11.1 Å². The Labute approximate surface area is 113 Å². The lowest BCUT2D eigenvalue weighted by Gasteiger charge is -2.03. The molecule has 0 heterocycles. The number of nitriles is 1. The molecule has 0 radical (unpaired) electrons. The average Bonchev–Trinajstić information content (AvgIpc) is 2.48. The van der Waals surface area contributed by atoms with Crippen LogP contribution in [0.3, 0.4) is 0 Å². The lowest BCUT2D eigenvalue weighted by molar-refractivity contribution is 0.337. The van der Waals surface area contributed by atoms with E-state index in [-0.39, 0.29) is 0 Å². The topological polar surface area (TPSA) is 33.0 Å². The third kappa shape index (κ3) is 3.46. The van der Waals surface area contributed by atoms with Crippen molar-refractivity contribution in [1.82, 2.24) is 0 Å². The molecule has 2 nitrogen and oxygen atoms in total. The molecular formula is C17H15NO. The van der Waals surface area contributed by atoms with Crippen molar-refractivity contribution in [3.63, 3.8) is 0 Å². The van der Waals surface area contributed by atoms with Gasteiger partial charge in [-0.15, -0.1) is 0 Å². The summed E-state index contributed by atoms with van der Waals surface area (Å²) in [5.41, 5.74) is 4.21. The summed E-state index contributed by atoms with van der Waals surface area (Å²) >= 11 is 0. The maximum Gasteiger partial charge on any atom is 0.0991 e. The zero-order valence-electron chi connectivity index (χ0n) is 10.8. The molecule has 0 atom stereocenters. The number of methoxy groups -OCH3 is 1. The van der Waals surface area contributed by atoms with Crippen LogP contribution in [-0.2, 0) is 11.2 Å². The molecule has 0 fully saturated rings. The summed E-state index contributed by atoms with van der Waals surface area (Å²) < 4.78 is 4.87. The number of benzene rings is 2. The summed E-state index contributed by atoms with van der Waals surface area (Å²) in [7, 11) is 1.64.